The lowest BCUT2D eigenvalue weighted by atomic mass is 9.78. The average Bonchev–Trinajstić information content (AvgIpc) is 1.63. The topological polar surface area (TPSA) is 415 Å². The number of piperidine rings is 1. The van der Waals surface area contributed by atoms with E-state index in [9.17, 15) is 48.6 Å². The molecule has 35 heteroatoms. The van der Waals surface area contributed by atoms with Crippen molar-refractivity contribution in [3.63, 3.8) is 0 Å². The number of likely N-dealkylation sites (N-methyl/N-ethyl adjacent to an activating group) is 1. The van der Waals surface area contributed by atoms with Gasteiger partial charge >= 0.3 is 12.1 Å². The normalized spacial score (nSPS) is 28.0. The minimum atomic E-state index is -2.47. The number of nitrogens with two attached hydrogens (primary N) is 1. The van der Waals surface area contributed by atoms with Crippen LogP contribution in [0.1, 0.15) is 192 Å². The van der Waals surface area contributed by atoms with Gasteiger partial charge in [-0.25, -0.2) is 54.1 Å². The Bertz CT molecular complexity index is 5690. The average molecular weight is 1880 g/mol. The number of cyclic esters (lactones) is 1. The van der Waals surface area contributed by atoms with Gasteiger partial charge < -0.3 is 78.7 Å². The van der Waals surface area contributed by atoms with Crippen LogP contribution in [0, 0.1) is 35.5 Å². The highest BCUT2D eigenvalue weighted by Crippen LogP contribution is 2.41. The van der Waals surface area contributed by atoms with Crippen LogP contribution in [0.2, 0.25) is 0 Å². The van der Waals surface area contributed by atoms with Crippen molar-refractivity contribution < 1.29 is 77.0 Å². The quantitative estimate of drug-likeness (QED) is 0.0371. The standard InChI is InChI=1S/C69H98N8O15.C33H33N11O/c1-41-17-13-12-14-18-42(2)57(87-9)35-52-22-20-47(7)69(86,92-52)63(82)64(83)77-25-16-15-19-54(77)65(84)90-58(36-55(79)43(3)32-46(6)61(81)62(89-11)60(80)45(5)31-41)44(4)33-49-21-23-56(59(34-49)88-10)91-68(85)76-26-24-53-51(40-76)39-72-67(73-53)75-29-27-74(28-30-75)66-70-37-50(38-71-66)48(8)78;1-41-9-11-42(12-10-41)33-36-16-26(17-37-33)32(45)43-8-7-22-13-21(5-6-24(22)19-43)18-44-31-28(30(34)38-20-39-31)29(40-44)25-14-23-3-2-4-27(23)35-15-25/h12-14,17-18,32,37-39,41,43-45,47,49,52,54,56-59,61-62,81,86H,15-16,19-31,33-36,40H2,1-11H3;2-3,5-6,13-17,20H,4,7-12,18-19H2,1H3,(H2,34,38,39)/b14-12+,17-13+,42-18+,46-32+;/t41-,43-,44-,45-,47-,49+,52+,54+,56-,57+,58+,59-,61-,62+,69-;/m1./s1. The van der Waals surface area contributed by atoms with E-state index < -0.39 is 102 Å². The smallest absolute Gasteiger partial charge is 0.410 e. The zero-order valence-electron chi connectivity index (χ0n) is 80.8. The number of hydrogen-bond donors (Lipinski definition) is 3. The summed E-state index contributed by atoms with van der Waals surface area (Å²) in [5, 5.41) is 29.5. The Hall–Kier alpha value is -11.9. The molecular weight excluding hydrogens is 1750 g/mol. The number of hydrogen-bond acceptors (Lipinski definition) is 31. The number of carbonyl (C=O) groups is 8. The molecular formula is C102H131N19O16. The van der Waals surface area contributed by atoms with Gasteiger partial charge in [-0.15, -0.1) is 0 Å². The summed E-state index contributed by atoms with van der Waals surface area (Å²) in [6.45, 7) is 22.9. The number of allylic oxidation sites excluding steroid dienone is 7. The maximum Gasteiger partial charge on any atom is 0.410 e. The lowest BCUT2D eigenvalue weighted by Crippen LogP contribution is -2.61. The van der Waals surface area contributed by atoms with Crippen molar-refractivity contribution in [1.29, 1.82) is 0 Å². The molecule has 7 aliphatic heterocycles. The number of amides is 3. The van der Waals surface area contributed by atoms with Gasteiger partial charge in [-0.05, 0) is 156 Å². The highest BCUT2D eigenvalue weighted by atomic mass is 16.6. The molecule has 2 bridgehead atoms. The molecule has 15 atom stereocenters. The third-order valence-electron chi connectivity index (χ3n) is 28.8. The number of ketones is 4. The van der Waals surface area contributed by atoms with Crippen LogP contribution < -0.4 is 20.4 Å². The summed E-state index contributed by atoms with van der Waals surface area (Å²) in [4.78, 5) is 165. The number of nitrogens with zero attached hydrogens (tertiary/aromatic N) is 18. The molecule has 6 aromatic heterocycles. The highest BCUT2D eigenvalue weighted by molar-refractivity contribution is 6.39. The molecule has 3 amide bonds. The Kier molecular flexibility index (Phi) is 32.5. The number of esters is 1. The second kappa shape index (κ2) is 44.7. The maximum absolute atomic E-state index is 14.8. The molecule has 1 saturated carbocycles. The van der Waals surface area contributed by atoms with Crippen molar-refractivity contribution in [2.45, 2.75) is 226 Å². The Balaban J connectivity index is 0.000000261. The number of nitrogen functional groups attached to an aromatic ring is 1. The molecule has 137 heavy (non-hydrogen) atoms. The molecule has 13 heterocycles. The fourth-order valence-corrected chi connectivity index (χ4v) is 20.3. The van der Waals surface area contributed by atoms with Crippen molar-refractivity contribution in [2.24, 2.45) is 35.5 Å². The minimum Gasteiger partial charge on any atom is -0.460 e. The van der Waals surface area contributed by atoms with Gasteiger partial charge in [0.1, 0.15) is 54.1 Å². The zero-order valence-corrected chi connectivity index (χ0v) is 80.8. The second-order valence-corrected chi connectivity index (χ2v) is 38.5. The van der Waals surface area contributed by atoms with Crippen molar-refractivity contribution in [3.05, 3.63) is 172 Å². The highest BCUT2D eigenvalue weighted by Gasteiger charge is 2.54. The molecule has 4 N–H and O–H groups in total. The Morgan fingerprint density at radius 1 is 0.679 bits per heavy atom. The Morgan fingerprint density at radius 3 is 2.09 bits per heavy atom. The molecule has 9 aliphatic rings. The minimum absolute atomic E-state index is 0.0109. The molecule has 4 saturated heterocycles. The Labute approximate surface area is 800 Å². The van der Waals surface area contributed by atoms with Gasteiger partial charge in [-0.2, -0.15) is 5.10 Å². The second-order valence-electron chi connectivity index (χ2n) is 38.5. The molecule has 2 aliphatic carbocycles. The molecule has 0 radical (unpaired) electrons. The first-order valence-corrected chi connectivity index (χ1v) is 48.3. The Morgan fingerprint density at radius 2 is 1.38 bits per heavy atom. The van der Waals surface area contributed by atoms with Gasteiger partial charge in [0, 0.05) is 192 Å². The maximum atomic E-state index is 14.8. The predicted molar refractivity (Wildman–Crippen MR) is 513 cm³/mol. The van der Waals surface area contributed by atoms with Crippen LogP contribution in [0.4, 0.5) is 28.5 Å². The molecule has 35 nitrogen and oxygen atoms in total. The molecule has 1 aromatic carbocycles. The molecule has 0 spiro atoms. The predicted octanol–water partition coefficient (Wildman–Crippen LogP) is 10.3. The van der Waals surface area contributed by atoms with Crippen LogP contribution in [-0.4, -0.2) is 286 Å². The van der Waals surface area contributed by atoms with Crippen molar-refractivity contribution in [3.8, 4) is 11.3 Å². The van der Waals surface area contributed by atoms with Gasteiger partial charge in [0.15, 0.2) is 17.2 Å². The van der Waals surface area contributed by atoms with Crippen LogP contribution in [0.15, 0.2) is 121 Å². The summed E-state index contributed by atoms with van der Waals surface area (Å²) in [6, 6.07) is 7.33. The number of benzene rings is 1. The molecule has 16 rings (SSSR count). The number of aliphatic hydroxyl groups excluding tert-OH is 1. The van der Waals surface area contributed by atoms with Crippen LogP contribution in [-0.2, 0) is 91.3 Å². The first-order valence-electron chi connectivity index (χ1n) is 48.3. The number of aromatic nitrogens is 11. The number of pyridine rings is 1. The van der Waals surface area contributed by atoms with E-state index in [1.807, 2.05) is 73.9 Å². The van der Waals surface area contributed by atoms with Crippen LogP contribution in [0.25, 0.3) is 28.4 Å². The summed E-state index contributed by atoms with van der Waals surface area (Å²) < 4.78 is 38.3. The lowest BCUT2D eigenvalue weighted by molar-refractivity contribution is -0.265. The lowest BCUT2D eigenvalue weighted by Gasteiger charge is -2.42. The van der Waals surface area contributed by atoms with E-state index in [2.05, 4.69) is 98.0 Å². The largest absolute Gasteiger partial charge is 0.460 e. The van der Waals surface area contributed by atoms with Crippen LogP contribution in [0.5, 0.6) is 0 Å². The van der Waals surface area contributed by atoms with E-state index >= 15 is 0 Å². The number of methoxy groups -OCH3 is 3. The summed E-state index contributed by atoms with van der Waals surface area (Å²) in [6.07, 6.45) is 27.6. The van der Waals surface area contributed by atoms with Gasteiger partial charge in [0.25, 0.3) is 17.6 Å². The van der Waals surface area contributed by atoms with Gasteiger partial charge in [0.2, 0.25) is 23.6 Å². The molecule has 730 valence electrons. The number of anilines is 4. The van der Waals surface area contributed by atoms with E-state index in [4.69, 9.17) is 49.2 Å². The summed E-state index contributed by atoms with van der Waals surface area (Å²) in [5.74, 6) is -6.42. The number of fused-ring (bicyclic) bond motifs is 7. The number of aliphatic hydroxyl groups is 2. The molecule has 7 aromatic rings. The third kappa shape index (κ3) is 23.4. The third-order valence-corrected chi connectivity index (χ3v) is 28.8. The van der Waals surface area contributed by atoms with Crippen LogP contribution in [0.3, 0.4) is 0 Å². The summed E-state index contributed by atoms with van der Waals surface area (Å²) in [7, 11) is 6.65. The fourth-order valence-electron chi connectivity index (χ4n) is 20.3. The van der Waals surface area contributed by atoms with Gasteiger partial charge in [0.05, 0.1) is 59.3 Å². The van der Waals surface area contributed by atoms with E-state index in [1.165, 1.54) is 30.8 Å². The van der Waals surface area contributed by atoms with Crippen molar-refractivity contribution >= 4 is 87.8 Å². The van der Waals surface area contributed by atoms with Gasteiger partial charge in [-0.1, -0.05) is 101 Å². The number of piperazine rings is 2. The molecule has 0 unspecified atom stereocenters. The summed E-state index contributed by atoms with van der Waals surface area (Å²) in [5.41, 5.74) is 18.2. The van der Waals surface area contributed by atoms with E-state index in [1.54, 1.807) is 77.0 Å². The van der Waals surface area contributed by atoms with Crippen molar-refractivity contribution in [2.75, 3.05) is 121 Å². The first-order chi connectivity index (χ1) is 65.9. The number of rotatable bonds is 15. The number of ether oxygens (including phenoxy) is 6. The van der Waals surface area contributed by atoms with E-state index in [0.29, 0.717) is 169 Å². The number of Topliss-reactive ketones (excluding diaryl/α,β-unsaturated/α-hetero) is 4. The zero-order chi connectivity index (χ0) is 97.0. The number of carbonyl (C=O) groups excluding carboxylic acids is 8. The van der Waals surface area contributed by atoms with E-state index in [0.717, 1.165) is 94.9 Å². The summed E-state index contributed by atoms with van der Waals surface area (Å²) >= 11 is 0. The fraction of sp³-hybridized carbons (Fsp3) is 0.549. The van der Waals surface area contributed by atoms with Gasteiger partial charge in [-0.3, -0.25) is 33.8 Å². The first kappa shape index (κ1) is 99.6. The van der Waals surface area contributed by atoms with E-state index in [-0.39, 0.29) is 61.0 Å². The monoisotopic (exact) mass is 1880 g/mol. The van der Waals surface area contributed by atoms with Crippen LogP contribution >= 0.6 is 0 Å². The van der Waals surface area contributed by atoms with Crippen molar-refractivity contribution in [1.82, 2.24) is 74.2 Å². The molecule has 5 fully saturated rings. The SMILES string of the molecule is CN1CCN(c2ncc(C(=O)N3CCc4cc(Cn5nc(-c6cnc7c(c6)C=CC7)c6c(N)ncnc65)ccc4C3)cn2)CC1.CO[C@H]1C[C@@H]2CC[C@@H](C)[C@@](O)(O2)C(=O)C(=O)N2CCCC[C@H]2C(=O)O[C@H]([C@H](C)C[C@@H]2CC[C@@H](OC(=O)N3CCc4nc(N5CCN(c6ncc(C(C)=O)cn6)CC5)ncc4C3)[C@H](OC)C2)CC(=O)[C@H](C)/C=C(\C)[C@@H](O)[C@@H](OC)C(=O)[C@H](C)C[C@H](C)/C=C/C=C/C=C/1C.